The Kier molecular flexibility index (Phi) is 6.76. The van der Waals surface area contributed by atoms with Gasteiger partial charge in [0.05, 0.1) is 0 Å². The van der Waals surface area contributed by atoms with Crippen molar-refractivity contribution in [1.29, 1.82) is 0 Å². The molecule has 0 saturated carbocycles. The van der Waals surface area contributed by atoms with Gasteiger partial charge in [0.25, 0.3) is 5.91 Å². The standard InChI is InChI=1S/C21H17BrN4O4/c1-23-19(27)18-12-17(9-10-24-18)30-16-4-2-3-15(11-16)26-21(29)20(28)25-14-7-5-13(22)6-8-14/h2-12H,1H3,(H,23,27)(H,25,28)(H,26,29). The quantitative estimate of drug-likeness (QED) is 0.495. The minimum absolute atomic E-state index is 0.212. The molecule has 9 heteroatoms. The third-order valence-corrected chi connectivity index (χ3v) is 4.36. The minimum Gasteiger partial charge on any atom is -0.457 e. The van der Waals surface area contributed by atoms with Gasteiger partial charge in [-0.25, -0.2) is 0 Å². The summed E-state index contributed by atoms with van der Waals surface area (Å²) in [4.78, 5) is 39.9. The highest BCUT2D eigenvalue weighted by atomic mass is 79.9. The SMILES string of the molecule is CNC(=O)c1cc(Oc2cccc(NC(=O)C(=O)Nc3ccc(Br)cc3)c2)ccn1. The first-order valence-corrected chi connectivity index (χ1v) is 9.58. The topological polar surface area (TPSA) is 109 Å². The zero-order valence-corrected chi connectivity index (χ0v) is 17.4. The molecule has 3 N–H and O–H groups in total. The van der Waals surface area contributed by atoms with Gasteiger partial charge in [0.2, 0.25) is 0 Å². The molecular weight excluding hydrogens is 452 g/mol. The van der Waals surface area contributed by atoms with Crippen LogP contribution in [0.3, 0.4) is 0 Å². The number of nitrogens with one attached hydrogen (secondary N) is 3. The first kappa shape index (κ1) is 21.0. The van der Waals surface area contributed by atoms with Gasteiger partial charge < -0.3 is 20.7 Å². The largest absolute Gasteiger partial charge is 0.457 e. The van der Waals surface area contributed by atoms with E-state index < -0.39 is 11.8 Å². The van der Waals surface area contributed by atoms with Crippen molar-refractivity contribution >= 4 is 45.0 Å². The van der Waals surface area contributed by atoms with E-state index in [1.54, 1.807) is 54.6 Å². The Morgan fingerprint density at radius 1 is 0.867 bits per heavy atom. The molecule has 0 spiro atoms. The van der Waals surface area contributed by atoms with Crippen LogP contribution >= 0.6 is 15.9 Å². The Bertz CT molecular complexity index is 1090. The van der Waals surface area contributed by atoms with E-state index in [0.717, 1.165) is 4.47 Å². The molecule has 3 amide bonds. The van der Waals surface area contributed by atoms with Gasteiger partial charge in [-0.3, -0.25) is 19.4 Å². The van der Waals surface area contributed by atoms with E-state index in [0.29, 0.717) is 22.9 Å². The molecule has 0 radical (unpaired) electrons. The van der Waals surface area contributed by atoms with Crippen LogP contribution in [0.5, 0.6) is 11.5 Å². The fraction of sp³-hybridized carbons (Fsp3) is 0.0476. The molecule has 1 heterocycles. The molecule has 0 bridgehead atoms. The van der Waals surface area contributed by atoms with Crippen LogP contribution in [0.2, 0.25) is 0 Å². The maximum Gasteiger partial charge on any atom is 0.314 e. The summed E-state index contributed by atoms with van der Waals surface area (Å²) in [6, 6.07) is 16.5. The number of rotatable bonds is 5. The molecule has 1 aromatic heterocycles. The molecule has 0 aliphatic rings. The molecule has 3 aromatic rings. The Morgan fingerprint density at radius 2 is 1.53 bits per heavy atom. The average Bonchev–Trinajstić information content (AvgIpc) is 2.75. The molecule has 8 nitrogen and oxygen atoms in total. The van der Waals surface area contributed by atoms with Crippen LogP contribution in [0, 0.1) is 0 Å². The number of aromatic nitrogens is 1. The highest BCUT2D eigenvalue weighted by molar-refractivity contribution is 9.10. The Hall–Kier alpha value is -3.72. The Balaban J connectivity index is 1.65. The molecule has 0 atom stereocenters. The summed E-state index contributed by atoms with van der Waals surface area (Å²) in [5, 5.41) is 7.53. The summed E-state index contributed by atoms with van der Waals surface area (Å²) in [5.74, 6) is -1.14. The van der Waals surface area contributed by atoms with Crippen molar-refractivity contribution in [2.45, 2.75) is 0 Å². The van der Waals surface area contributed by atoms with Gasteiger partial charge in [0, 0.05) is 41.2 Å². The number of amides is 3. The van der Waals surface area contributed by atoms with E-state index >= 15 is 0 Å². The number of nitrogens with zero attached hydrogens (tertiary/aromatic N) is 1. The number of carbonyl (C=O) groups is 3. The second kappa shape index (κ2) is 9.66. The van der Waals surface area contributed by atoms with E-state index in [-0.39, 0.29) is 11.6 Å². The van der Waals surface area contributed by atoms with Crippen LogP contribution in [0.15, 0.2) is 71.3 Å². The van der Waals surface area contributed by atoms with Crippen molar-refractivity contribution in [1.82, 2.24) is 10.3 Å². The second-order valence-electron chi connectivity index (χ2n) is 6.00. The van der Waals surface area contributed by atoms with Gasteiger partial charge in [0.1, 0.15) is 17.2 Å². The first-order valence-electron chi connectivity index (χ1n) is 8.78. The zero-order valence-electron chi connectivity index (χ0n) is 15.8. The van der Waals surface area contributed by atoms with Crippen molar-refractivity contribution in [3.8, 4) is 11.5 Å². The van der Waals surface area contributed by atoms with E-state index in [1.165, 1.54) is 19.3 Å². The molecule has 30 heavy (non-hydrogen) atoms. The zero-order chi connectivity index (χ0) is 21.5. The molecule has 0 saturated heterocycles. The molecule has 2 aromatic carbocycles. The first-order chi connectivity index (χ1) is 14.4. The number of hydrogen-bond acceptors (Lipinski definition) is 5. The van der Waals surface area contributed by atoms with Gasteiger partial charge in [0.15, 0.2) is 0 Å². The Morgan fingerprint density at radius 3 is 2.23 bits per heavy atom. The number of hydrogen-bond donors (Lipinski definition) is 3. The smallest absolute Gasteiger partial charge is 0.314 e. The highest BCUT2D eigenvalue weighted by Gasteiger charge is 2.14. The monoisotopic (exact) mass is 468 g/mol. The van der Waals surface area contributed by atoms with Crippen molar-refractivity contribution < 1.29 is 19.1 Å². The van der Waals surface area contributed by atoms with Crippen LogP contribution in [0.1, 0.15) is 10.5 Å². The van der Waals surface area contributed by atoms with Crippen LogP contribution in [0.25, 0.3) is 0 Å². The minimum atomic E-state index is -0.819. The highest BCUT2D eigenvalue weighted by Crippen LogP contribution is 2.24. The molecule has 152 valence electrons. The molecule has 3 rings (SSSR count). The van der Waals surface area contributed by atoms with Gasteiger partial charge in [-0.2, -0.15) is 0 Å². The van der Waals surface area contributed by atoms with Crippen LogP contribution in [-0.2, 0) is 9.59 Å². The fourth-order valence-corrected chi connectivity index (χ4v) is 2.67. The molecule has 0 fully saturated rings. The third kappa shape index (κ3) is 5.65. The maximum absolute atomic E-state index is 12.2. The van der Waals surface area contributed by atoms with Gasteiger partial charge in [-0.05, 0) is 42.5 Å². The average molecular weight is 469 g/mol. The van der Waals surface area contributed by atoms with Crippen molar-refractivity contribution in [2.75, 3.05) is 17.7 Å². The number of ether oxygens (including phenoxy) is 1. The lowest BCUT2D eigenvalue weighted by atomic mass is 10.3. The molecule has 0 unspecified atom stereocenters. The van der Waals surface area contributed by atoms with E-state index in [2.05, 4.69) is 36.9 Å². The Labute approximate surface area is 180 Å². The molecule has 0 aliphatic carbocycles. The van der Waals surface area contributed by atoms with Gasteiger partial charge in [-0.1, -0.05) is 22.0 Å². The number of carbonyl (C=O) groups excluding carboxylic acids is 3. The summed E-state index contributed by atoms with van der Waals surface area (Å²) < 4.78 is 6.59. The summed E-state index contributed by atoms with van der Waals surface area (Å²) in [6.45, 7) is 0. The molecule has 0 aliphatic heterocycles. The normalized spacial score (nSPS) is 10.1. The van der Waals surface area contributed by atoms with Crippen molar-refractivity contribution in [3.05, 3.63) is 77.0 Å². The van der Waals surface area contributed by atoms with Crippen LogP contribution in [-0.4, -0.2) is 29.8 Å². The fourth-order valence-electron chi connectivity index (χ4n) is 2.41. The lowest BCUT2D eigenvalue weighted by Gasteiger charge is -2.10. The van der Waals surface area contributed by atoms with Gasteiger partial charge >= 0.3 is 11.8 Å². The number of anilines is 2. The van der Waals surface area contributed by atoms with E-state index in [1.807, 2.05) is 0 Å². The summed E-state index contributed by atoms with van der Waals surface area (Å²) in [7, 11) is 1.51. The lowest BCUT2D eigenvalue weighted by Crippen LogP contribution is -2.29. The van der Waals surface area contributed by atoms with E-state index in [4.69, 9.17) is 4.74 Å². The van der Waals surface area contributed by atoms with Crippen LogP contribution < -0.4 is 20.7 Å². The van der Waals surface area contributed by atoms with Gasteiger partial charge in [-0.15, -0.1) is 0 Å². The van der Waals surface area contributed by atoms with Crippen LogP contribution in [0.4, 0.5) is 11.4 Å². The summed E-state index contributed by atoms with van der Waals surface area (Å²) in [5.41, 5.74) is 1.09. The number of benzene rings is 2. The molecular formula is C21H17BrN4O4. The van der Waals surface area contributed by atoms with Crippen molar-refractivity contribution in [2.24, 2.45) is 0 Å². The number of halogens is 1. The predicted octanol–water partition coefficient (Wildman–Crippen LogP) is 3.57. The summed E-state index contributed by atoms with van der Waals surface area (Å²) >= 11 is 3.30. The number of pyridine rings is 1. The second-order valence-corrected chi connectivity index (χ2v) is 6.92. The van der Waals surface area contributed by atoms with Crippen molar-refractivity contribution in [3.63, 3.8) is 0 Å². The lowest BCUT2D eigenvalue weighted by molar-refractivity contribution is -0.132. The maximum atomic E-state index is 12.2. The predicted molar refractivity (Wildman–Crippen MR) is 116 cm³/mol. The van der Waals surface area contributed by atoms with E-state index in [9.17, 15) is 14.4 Å². The summed E-state index contributed by atoms with van der Waals surface area (Å²) in [6.07, 6.45) is 1.46. The third-order valence-electron chi connectivity index (χ3n) is 3.83.